The third kappa shape index (κ3) is 10.1. The Bertz CT molecular complexity index is 1170. The monoisotopic (exact) mass is 562 g/mol. The fraction of sp³-hybridized carbons (Fsp3) is 0.480. The topological polar surface area (TPSA) is 231 Å². The SMILES string of the molecule is CSCCC(N)C(=O)NC(C)C(=O)NC(Cc1c[nH]c2ccccc12)C(=O)NC(CCCN=C(N)N)C(=O)O. The smallest absolute Gasteiger partial charge is 0.326 e. The van der Waals surface area contributed by atoms with Crippen LogP contribution in [0.25, 0.3) is 10.9 Å². The number of carbonyl (C=O) groups is 4. The van der Waals surface area contributed by atoms with Gasteiger partial charge in [0.15, 0.2) is 5.96 Å². The van der Waals surface area contributed by atoms with Crippen molar-refractivity contribution < 1.29 is 24.3 Å². The molecule has 0 radical (unpaired) electrons. The largest absolute Gasteiger partial charge is 0.480 e. The average molecular weight is 563 g/mol. The van der Waals surface area contributed by atoms with Gasteiger partial charge in [0.1, 0.15) is 18.1 Å². The van der Waals surface area contributed by atoms with E-state index in [9.17, 15) is 24.3 Å². The minimum atomic E-state index is -1.23. The van der Waals surface area contributed by atoms with Crippen LogP contribution in [0.4, 0.5) is 0 Å². The number of thioether (sulfide) groups is 1. The molecule has 3 amide bonds. The van der Waals surface area contributed by atoms with E-state index in [1.54, 1.807) is 18.0 Å². The molecule has 0 aliphatic carbocycles. The maximum absolute atomic E-state index is 13.3. The molecule has 14 heteroatoms. The first-order valence-corrected chi connectivity index (χ1v) is 13.9. The zero-order valence-electron chi connectivity index (χ0n) is 22.1. The zero-order valence-corrected chi connectivity index (χ0v) is 22.9. The second-order valence-corrected chi connectivity index (χ2v) is 10.1. The molecule has 0 saturated carbocycles. The van der Waals surface area contributed by atoms with Crippen LogP contribution in [0.15, 0.2) is 35.5 Å². The molecule has 39 heavy (non-hydrogen) atoms. The number of nitrogens with two attached hydrogens (primary N) is 3. The number of carbonyl (C=O) groups excluding carboxylic acids is 3. The minimum Gasteiger partial charge on any atom is -0.480 e. The van der Waals surface area contributed by atoms with Gasteiger partial charge in [-0.15, -0.1) is 0 Å². The molecule has 0 aliphatic heterocycles. The van der Waals surface area contributed by atoms with E-state index in [1.165, 1.54) is 6.92 Å². The normalized spacial score (nSPS) is 14.0. The van der Waals surface area contributed by atoms with Crippen molar-refractivity contribution >= 4 is 52.3 Å². The van der Waals surface area contributed by atoms with E-state index in [4.69, 9.17) is 17.2 Å². The molecule has 0 fully saturated rings. The summed E-state index contributed by atoms with van der Waals surface area (Å²) < 4.78 is 0. The van der Waals surface area contributed by atoms with Gasteiger partial charge in [0.25, 0.3) is 0 Å². The molecule has 0 bridgehead atoms. The van der Waals surface area contributed by atoms with Gasteiger partial charge in [-0.25, -0.2) is 4.79 Å². The standard InChI is InChI=1S/C25H38N8O5S/c1-14(31-22(35)17(26)9-11-39-2)21(34)33-20(12-15-13-30-18-7-4-3-6-16(15)18)23(36)32-19(24(37)38)8-5-10-29-25(27)28/h3-4,6-7,13-14,17,19-20,30H,5,8-12,26H2,1-2H3,(H,31,35)(H,32,36)(H,33,34)(H,37,38)(H4,27,28,29). The molecular formula is C25H38N8O5S. The van der Waals surface area contributed by atoms with Crippen LogP contribution >= 0.6 is 11.8 Å². The molecule has 4 atom stereocenters. The second-order valence-electron chi connectivity index (χ2n) is 9.09. The summed E-state index contributed by atoms with van der Waals surface area (Å²) in [6.45, 7) is 1.69. The van der Waals surface area contributed by atoms with Gasteiger partial charge in [-0.05, 0) is 49.8 Å². The van der Waals surface area contributed by atoms with Crippen molar-refractivity contribution in [1.29, 1.82) is 0 Å². The van der Waals surface area contributed by atoms with Gasteiger partial charge in [0.05, 0.1) is 6.04 Å². The first kappa shape index (κ1) is 31.4. The van der Waals surface area contributed by atoms with Crippen molar-refractivity contribution in [3.63, 3.8) is 0 Å². The van der Waals surface area contributed by atoms with E-state index in [-0.39, 0.29) is 25.3 Å². The number of benzene rings is 1. The number of nitrogens with one attached hydrogen (secondary N) is 4. The van der Waals surface area contributed by atoms with Crippen LogP contribution in [0, 0.1) is 0 Å². The van der Waals surface area contributed by atoms with E-state index >= 15 is 0 Å². The summed E-state index contributed by atoms with van der Waals surface area (Å²) in [7, 11) is 0. The highest BCUT2D eigenvalue weighted by atomic mass is 32.2. The Balaban J connectivity index is 2.17. The number of para-hydroxylation sites is 1. The lowest BCUT2D eigenvalue weighted by Crippen LogP contribution is -2.57. The second kappa shape index (κ2) is 15.6. The summed E-state index contributed by atoms with van der Waals surface area (Å²) in [6, 6.07) is 3.37. The Kier molecular flexibility index (Phi) is 12.6. The molecule has 4 unspecified atom stereocenters. The molecule has 2 rings (SSSR count). The number of carboxylic acids is 1. The third-order valence-corrected chi connectivity index (χ3v) is 6.66. The van der Waals surface area contributed by atoms with E-state index < -0.39 is 47.9 Å². The fourth-order valence-corrected chi connectivity index (χ4v) is 4.31. The predicted octanol–water partition coefficient (Wildman–Crippen LogP) is -0.597. The van der Waals surface area contributed by atoms with Crippen LogP contribution < -0.4 is 33.2 Å². The van der Waals surface area contributed by atoms with E-state index in [2.05, 4.69) is 25.9 Å². The number of carboxylic acid groups (broad SMARTS) is 1. The van der Waals surface area contributed by atoms with Crippen molar-refractivity contribution in [2.75, 3.05) is 18.6 Å². The number of fused-ring (bicyclic) bond motifs is 1. The zero-order chi connectivity index (χ0) is 28.9. The van der Waals surface area contributed by atoms with Gasteiger partial charge in [-0.2, -0.15) is 11.8 Å². The Labute approximate surface area is 231 Å². The minimum absolute atomic E-state index is 0.0754. The maximum Gasteiger partial charge on any atom is 0.326 e. The lowest BCUT2D eigenvalue weighted by Gasteiger charge is -2.24. The van der Waals surface area contributed by atoms with Crippen LogP contribution in [0.1, 0.15) is 31.7 Å². The highest BCUT2D eigenvalue weighted by Gasteiger charge is 2.29. The van der Waals surface area contributed by atoms with Gasteiger partial charge in [-0.3, -0.25) is 19.4 Å². The summed E-state index contributed by atoms with van der Waals surface area (Å²) in [5.41, 5.74) is 18.1. The molecular weight excluding hydrogens is 524 g/mol. The van der Waals surface area contributed by atoms with E-state index in [0.717, 1.165) is 16.5 Å². The van der Waals surface area contributed by atoms with Crippen LogP contribution in [-0.2, 0) is 25.6 Å². The molecule has 2 aromatic rings. The average Bonchev–Trinajstić information content (AvgIpc) is 3.30. The maximum atomic E-state index is 13.3. The van der Waals surface area contributed by atoms with Gasteiger partial charge < -0.3 is 43.2 Å². The van der Waals surface area contributed by atoms with Crippen molar-refractivity contribution in [2.24, 2.45) is 22.2 Å². The highest BCUT2D eigenvalue weighted by molar-refractivity contribution is 7.98. The van der Waals surface area contributed by atoms with Gasteiger partial charge in [-0.1, -0.05) is 18.2 Å². The lowest BCUT2D eigenvalue weighted by atomic mass is 10.0. The number of hydrogen-bond donors (Lipinski definition) is 8. The summed E-state index contributed by atoms with van der Waals surface area (Å²) in [6.07, 6.45) is 4.55. The van der Waals surface area contributed by atoms with Crippen molar-refractivity contribution in [3.8, 4) is 0 Å². The van der Waals surface area contributed by atoms with Gasteiger partial charge in [0.2, 0.25) is 17.7 Å². The fourth-order valence-electron chi connectivity index (χ4n) is 3.82. The molecule has 214 valence electrons. The number of hydrogen-bond acceptors (Lipinski definition) is 7. The predicted molar refractivity (Wildman–Crippen MR) is 152 cm³/mol. The number of aromatic amines is 1. The van der Waals surface area contributed by atoms with Gasteiger partial charge >= 0.3 is 5.97 Å². The number of amides is 3. The van der Waals surface area contributed by atoms with E-state index in [0.29, 0.717) is 18.6 Å². The molecule has 1 aromatic carbocycles. The number of aliphatic imine (C=N–C) groups is 1. The quantitative estimate of drug-likeness (QED) is 0.0740. The molecule has 0 spiro atoms. The Morgan fingerprint density at radius 2 is 1.72 bits per heavy atom. The van der Waals surface area contributed by atoms with Gasteiger partial charge in [0, 0.05) is 30.1 Å². The van der Waals surface area contributed by atoms with Crippen LogP contribution in [0.5, 0.6) is 0 Å². The summed E-state index contributed by atoms with van der Waals surface area (Å²) in [4.78, 5) is 57.4. The molecule has 1 aromatic heterocycles. The molecule has 11 N–H and O–H groups in total. The van der Waals surface area contributed by atoms with Crippen molar-refractivity contribution in [2.45, 2.75) is 56.8 Å². The number of nitrogens with zero attached hydrogens (tertiary/aromatic N) is 1. The lowest BCUT2D eigenvalue weighted by molar-refractivity contribution is -0.142. The first-order valence-electron chi connectivity index (χ1n) is 12.5. The van der Waals surface area contributed by atoms with Crippen molar-refractivity contribution in [3.05, 3.63) is 36.0 Å². The molecule has 1 heterocycles. The Morgan fingerprint density at radius 1 is 1.03 bits per heavy atom. The van der Waals surface area contributed by atoms with Crippen LogP contribution in [0.3, 0.4) is 0 Å². The molecule has 0 saturated heterocycles. The van der Waals surface area contributed by atoms with Crippen LogP contribution in [-0.4, -0.2) is 82.5 Å². The summed E-state index contributed by atoms with van der Waals surface area (Å²) in [5, 5.41) is 18.2. The molecule has 0 aliphatic rings. The van der Waals surface area contributed by atoms with Crippen molar-refractivity contribution in [1.82, 2.24) is 20.9 Å². The highest BCUT2D eigenvalue weighted by Crippen LogP contribution is 2.19. The number of rotatable bonds is 16. The number of aliphatic carboxylic acids is 1. The van der Waals surface area contributed by atoms with Crippen LogP contribution in [0.2, 0.25) is 0 Å². The first-order chi connectivity index (χ1) is 18.5. The Hall–Kier alpha value is -3.78. The number of H-pyrrole nitrogens is 1. The Morgan fingerprint density at radius 3 is 2.38 bits per heavy atom. The summed E-state index contributed by atoms with van der Waals surface area (Å²) in [5.74, 6) is -2.42. The number of aromatic nitrogens is 1. The summed E-state index contributed by atoms with van der Waals surface area (Å²) >= 11 is 1.55. The van der Waals surface area contributed by atoms with E-state index in [1.807, 2.05) is 30.5 Å². The third-order valence-electron chi connectivity index (χ3n) is 6.01. The molecule has 13 nitrogen and oxygen atoms in total. The number of guanidine groups is 1.